The van der Waals surface area contributed by atoms with Gasteiger partial charge in [-0.25, -0.2) is 0 Å². The first-order valence-corrected chi connectivity index (χ1v) is 6.40. The Morgan fingerprint density at radius 3 is 3.00 bits per heavy atom. The second kappa shape index (κ2) is 5.52. The molecule has 1 fully saturated rings. The second-order valence-electron chi connectivity index (χ2n) is 5.00. The molecule has 2 heterocycles. The van der Waals surface area contributed by atoms with Crippen molar-refractivity contribution in [2.75, 3.05) is 20.2 Å². The average molecular weight is 251 g/mol. The van der Waals surface area contributed by atoms with Gasteiger partial charge in [0, 0.05) is 20.1 Å². The fourth-order valence-electron chi connectivity index (χ4n) is 2.60. The molecule has 0 N–H and O–H groups in total. The highest BCUT2D eigenvalue weighted by atomic mass is 16.5. The predicted molar refractivity (Wildman–Crippen MR) is 68.0 cm³/mol. The first-order chi connectivity index (χ1) is 8.60. The second-order valence-corrected chi connectivity index (χ2v) is 5.00. The summed E-state index contributed by atoms with van der Waals surface area (Å²) >= 11 is 0. The molecule has 1 aliphatic heterocycles. The Balaban J connectivity index is 1.97. The van der Waals surface area contributed by atoms with E-state index in [2.05, 4.69) is 16.1 Å². The lowest BCUT2D eigenvalue weighted by molar-refractivity contribution is -0.147. The molecule has 0 spiro atoms. The van der Waals surface area contributed by atoms with E-state index >= 15 is 0 Å². The number of rotatable bonds is 3. The molecule has 18 heavy (non-hydrogen) atoms. The van der Waals surface area contributed by atoms with Crippen molar-refractivity contribution in [3.05, 3.63) is 17.5 Å². The van der Waals surface area contributed by atoms with Gasteiger partial charge in [0.2, 0.25) is 0 Å². The minimum atomic E-state index is -0.0825. The van der Waals surface area contributed by atoms with Crippen molar-refractivity contribution in [3.63, 3.8) is 0 Å². The molecule has 5 heteroatoms. The van der Waals surface area contributed by atoms with Gasteiger partial charge in [-0.3, -0.25) is 14.4 Å². The van der Waals surface area contributed by atoms with E-state index in [9.17, 15) is 4.79 Å². The minimum absolute atomic E-state index is 0.0260. The summed E-state index contributed by atoms with van der Waals surface area (Å²) < 4.78 is 6.75. The topological polar surface area (TPSA) is 47.4 Å². The number of esters is 1. The minimum Gasteiger partial charge on any atom is -0.469 e. The molecule has 0 amide bonds. The largest absolute Gasteiger partial charge is 0.469 e. The number of aromatic nitrogens is 2. The molecule has 5 nitrogen and oxygen atoms in total. The molecule has 0 saturated carbocycles. The fraction of sp³-hybridized carbons (Fsp3) is 0.692. The Morgan fingerprint density at radius 2 is 2.39 bits per heavy atom. The van der Waals surface area contributed by atoms with Crippen LogP contribution in [0.15, 0.2) is 6.07 Å². The third-order valence-electron chi connectivity index (χ3n) is 3.52. The quantitative estimate of drug-likeness (QED) is 0.755. The van der Waals surface area contributed by atoms with Crippen LogP contribution in [0.3, 0.4) is 0 Å². The summed E-state index contributed by atoms with van der Waals surface area (Å²) in [7, 11) is 3.43. The number of carbonyl (C=O) groups is 1. The molecule has 1 aromatic heterocycles. The average Bonchev–Trinajstić information content (AvgIpc) is 2.67. The summed E-state index contributed by atoms with van der Waals surface area (Å²) in [4.78, 5) is 13.9. The van der Waals surface area contributed by atoms with Crippen molar-refractivity contribution >= 4 is 5.97 Å². The van der Waals surface area contributed by atoms with E-state index < -0.39 is 0 Å². The van der Waals surface area contributed by atoms with E-state index in [1.54, 1.807) is 0 Å². The van der Waals surface area contributed by atoms with Crippen LogP contribution in [0.2, 0.25) is 0 Å². The van der Waals surface area contributed by atoms with Crippen molar-refractivity contribution in [2.45, 2.75) is 26.3 Å². The molecule has 100 valence electrons. The van der Waals surface area contributed by atoms with Crippen LogP contribution in [-0.4, -0.2) is 40.8 Å². The first kappa shape index (κ1) is 13.1. The lowest BCUT2D eigenvalue weighted by Crippen LogP contribution is -2.39. The molecular weight excluding hydrogens is 230 g/mol. The molecular formula is C13H21N3O2. The lowest BCUT2D eigenvalue weighted by Gasteiger charge is -2.31. The Morgan fingerprint density at radius 1 is 1.61 bits per heavy atom. The number of ether oxygens (including phenoxy) is 1. The first-order valence-electron chi connectivity index (χ1n) is 6.40. The van der Waals surface area contributed by atoms with Gasteiger partial charge in [-0.05, 0) is 32.4 Å². The SMILES string of the molecule is COC(=O)[C@H]1CCCN(Cc2cc(C)nn2C)C1. The van der Waals surface area contributed by atoms with Gasteiger partial charge >= 0.3 is 5.97 Å². The number of piperidine rings is 1. The van der Waals surface area contributed by atoms with Crippen LogP contribution in [0.5, 0.6) is 0 Å². The Hall–Kier alpha value is -1.36. The van der Waals surface area contributed by atoms with Crippen molar-refractivity contribution in [1.29, 1.82) is 0 Å². The molecule has 1 saturated heterocycles. The van der Waals surface area contributed by atoms with E-state index in [1.165, 1.54) is 12.8 Å². The van der Waals surface area contributed by atoms with Gasteiger partial charge in [-0.2, -0.15) is 5.10 Å². The normalized spacial score (nSPS) is 20.9. The van der Waals surface area contributed by atoms with E-state index in [1.807, 2.05) is 18.7 Å². The molecule has 0 radical (unpaired) electrons. The van der Waals surface area contributed by atoms with E-state index in [4.69, 9.17) is 4.74 Å². The van der Waals surface area contributed by atoms with Crippen LogP contribution in [0.1, 0.15) is 24.2 Å². The number of likely N-dealkylation sites (tertiary alicyclic amines) is 1. The zero-order chi connectivity index (χ0) is 13.1. The molecule has 2 rings (SSSR count). The molecule has 0 aromatic carbocycles. The zero-order valence-corrected chi connectivity index (χ0v) is 11.3. The zero-order valence-electron chi connectivity index (χ0n) is 11.3. The van der Waals surface area contributed by atoms with Gasteiger partial charge in [-0.15, -0.1) is 0 Å². The molecule has 1 aromatic rings. The van der Waals surface area contributed by atoms with Crippen LogP contribution in [-0.2, 0) is 23.1 Å². The maximum atomic E-state index is 11.6. The number of aryl methyl sites for hydroxylation is 2. The Labute approximate surface area is 108 Å². The summed E-state index contributed by atoms with van der Waals surface area (Å²) in [6.07, 6.45) is 1.99. The molecule has 0 unspecified atom stereocenters. The highest BCUT2D eigenvalue weighted by molar-refractivity contribution is 5.72. The van der Waals surface area contributed by atoms with Gasteiger partial charge < -0.3 is 4.74 Å². The number of hydrogen-bond acceptors (Lipinski definition) is 4. The maximum Gasteiger partial charge on any atom is 0.309 e. The van der Waals surface area contributed by atoms with Gasteiger partial charge in [0.25, 0.3) is 0 Å². The highest BCUT2D eigenvalue weighted by Crippen LogP contribution is 2.19. The monoisotopic (exact) mass is 251 g/mol. The van der Waals surface area contributed by atoms with Crippen molar-refractivity contribution < 1.29 is 9.53 Å². The van der Waals surface area contributed by atoms with Gasteiger partial charge in [0.05, 0.1) is 24.4 Å². The smallest absolute Gasteiger partial charge is 0.309 e. The van der Waals surface area contributed by atoms with Crippen molar-refractivity contribution in [1.82, 2.24) is 14.7 Å². The van der Waals surface area contributed by atoms with Crippen LogP contribution >= 0.6 is 0 Å². The van der Waals surface area contributed by atoms with Crippen LogP contribution < -0.4 is 0 Å². The number of nitrogens with zero attached hydrogens (tertiary/aromatic N) is 3. The Bertz CT molecular complexity index is 428. The fourth-order valence-corrected chi connectivity index (χ4v) is 2.60. The third kappa shape index (κ3) is 2.90. The standard InChI is InChI=1S/C13H21N3O2/c1-10-7-12(15(2)14-10)9-16-6-4-5-11(8-16)13(17)18-3/h7,11H,4-6,8-9H2,1-3H3/t11-/m0/s1. The van der Waals surface area contributed by atoms with E-state index in [0.29, 0.717) is 0 Å². The van der Waals surface area contributed by atoms with Crippen molar-refractivity contribution in [2.24, 2.45) is 13.0 Å². The summed E-state index contributed by atoms with van der Waals surface area (Å²) in [5.41, 5.74) is 2.23. The molecule has 0 aliphatic carbocycles. The summed E-state index contributed by atoms with van der Waals surface area (Å²) in [5, 5.41) is 4.35. The lowest BCUT2D eigenvalue weighted by atomic mass is 9.98. The van der Waals surface area contributed by atoms with Crippen LogP contribution in [0, 0.1) is 12.8 Å². The summed E-state index contributed by atoms with van der Waals surface area (Å²) in [5.74, 6) is -0.0565. The van der Waals surface area contributed by atoms with Crippen LogP contribution in [0.25, 0.3) is 0 Å². The van der Waals surface area contributed by atoms with Gasteiger partial charge in [0.1, 0.15) is 0 Å². The predicted octanol–water partition coefficient (Wildman–Crippen LogP) is 1.11. The number of methoxy groups -OCH3 is 1. The maximum absolute atomic E-state index is 11.6. The van der Waals surface area contributed by atoms with E-state index in [0.717, 1.165) is 38.2 Å². The van der Waals surface area contributed by atoms with Crippen molar-refractivity contribution in [3.8, 4) is 0 Å². The molecule has 1 aliphatic rings. The Kier molecular flexibility index (Phi) is 4.01. The highest BCUT2D eigenvalue weighted by Gasteiger charge is 2.26. The van der Waals surface area contributed by atoms with E-state index in [-0.39, 0.29) is 11.9 Å². The molecule has 1 atom stereocenters. The number of carbonyl (C=O) groups excluding carboxylic acids is 1. The van der Waals surface area contributed by atoms with Crippen LogP contribution in [0.4, 0.5) is 0 Å². The molecule has 0 bridgehead atoms. The van der Waals surface area contributed by atoms with Gasteiger partial charge in [-0.1, -0.05) is 0 Å². The summed E-state index contributed by atoms with van der Waals surface area (Å²) in [6.45, 7) is 4.68. The number of hydrogen-bond donors (Lipinski definition) is 0. The van der Waals surface area contributed by atoms with Gasteiger partial charge in [0.15, 0.2) is 0 Å². The third-order valence-corrected chi connectivity index (χ3v) is 3.52. The summed E-state index contributed by atoms with van der Waals surface area (Å²) in [6, 6.07) is 2.10.